The van der Waals surface area contributed by atoms with Crippen LogP contribution in [0.3, 0.4) is 0 Å². The largest absolute Gasteiger partial charge is 0.390 e. The Morgan fingerprint density at radius 1 is 1.33 bits per heavy atom. The fraction of sp³-hybridized carbons (Fsp3) is 0.375. The highest BCUT2D eigenvalue weighted by Gasteiger charge is 2.23. The average Bonchev–Trinajstić information content (AvgIpc) is 2.53. The van der Waals surface area contributed by atoms with Crippen LogP contribution in [-0.4, -0.2) is 30.8 Å². The molecule has 21 heavy (non-hydrogen) atoms. The summed E-state index contributed by atoms with van der Waals surface area (Å²) in [5.41, 5.74) is 0. The van der Waals surface area contributed by atoms with Gasteiger partial charge in [0.25, 0.3) is 0 Å². The van der Waals surface area contributed by atoms with Gasteiger partial charge in [0.05, 0.1) is 5.92 Å². The van der Waals surface area contributed by atoms with Crippen molar-refractivity contribution in [3.8, 4) is 0 Å². The van der Waals surface area contributed by atoms with Gasteiger partial charge in [-0.05, 0) is 31.5 Å². The zero-order chi connectivity index (χ0) is 14.9. The highest BCUT2D eigenvalue weighted by molar-refractivity contribution is 7.99. The standard InChI is InChI=1S/C16H19NO3S/c18-15(20-16(19)13-6-4-10-17-12-13)9-5-11-21-14-7-2-1-3-8-14/h1-3,5,7-9,13,17H,4,6,10-12H2. The Bertz CT molecular complexity index is 496. The van der Waals surface area contributed by atoms with Gasteiger partial charge in [0, 0.05) is 23.3 Å². The minimum Gasteiger partial charge on any atom is -0.390 e. The van der Waals surface area contributed by atoms with Crippen molar-refractivity contribution in [1.29, 1.82) is 0 Å². The maximum Gasteiger partial charge on any atom is 0.338 e. The van der Waals surface area contributed by atoms with Crippen molar-refractivity contribution in [2.45, 2.75) is 17.7 Å². The lowest BCUT2D eigenvalue weighted by atomic mass is 10.0. The molecule has 1 fully saturated rings. The van der Waals surface area contributed by atoms with Crippen LogP contribution in [-0.2, 0) is 14.3 Å². The van der Waals surface area contributed by atoms with Crippen molar-refractivity contribution in [2.75, 3.05) is 18.8 Å². The summed E-state index contributed by atoms with van der Waals surface area (Å²) < 4.78 is 4.83. The van der Waals surface area contributed by atoms with E-state index in [1.54, 1.807) is 17.8 Å². The molecule has 2 rings (SSSR count). The molecule has 1 aliphatic rings. The smallest absolute Gasteiger partial charge is 0.338 e. The molecule has 1 saturated heterocycles. The van der Waals surface area contributed by atoms with Crippen LogP contribution < -0.4 is 5.32 Å². The quantitative estimate of drug-likeness (QED) is 0.392. The second-order valence-electron chi connectivity index (χ2n) is 4.81. The van der Waals surface area contributed by atoms with Gasteiger partial charge in [0.1, 0.15) is 0 Å². The third-order valence-electron chi connectivity index (χ3n) is 3.17. The lowest BCUT2D eigenvalue weighted by Gasteiger charge is -2.20. The van der Waals surface area contributed by atoms with E-state index in [0.29, 0.717) is 12.3 Å². The molecule has 0 radical (unpaired) electrons. The molecule has 1 heterocycles. The van der Waals surface area contributed by atoms with E-state index in [-0.39, 0.29) is 5.92 Å². The van der Waals surface area contributed by atoms with Gasteiger partial charge in [-0.3, -0.25) is 4.79 Å². The fourth-order valence-corrected chi connectivity index (χ4v) is 2.81. The summed E-state index contributed by atoms with van der Waals surface area (Å²) in [7, 11) is 0. The van der Waals surface area contributed by atoms with Gasteiger partial charge in [0.15, 0.2) is 0 Å². The van der Waals surface area contributed by atoms with E-state index in [0.717, 1.165) is 24.3 Å². The van der Waals surface area contributed by atoms with Gasteiger partial charge in [0.2, 0.25) is 0 Å². The number of carbonyl (C=O) groups excluding carboxylic acids is 2. The molecule has 0 spiro atoms. The van der Waals surface area contributed by atoms with Crippen molar-refractivity contribution in [3.05, 3.63) is 42.5 Å². The number of nitrogens with one attached hydrogen (secondary N) is 1. The van der Waals surface area contributed by atoms with Crippen molar-refractivity contribution < 1.29 is 14.3 Å². The first-order valence-corrected chi connectivity index (χ1v) is 8.05. The Morgan fingerprint density at radius 2 is 2.14 bits per heavy atom. The van der Waals surface area contributed by atoms with E-state index in [9.17, 15) is 9.59 Å². The van der Waals surface area contributed by atoms with E-state index in [4.69, 9.17) is 4.74 Å². The second kappa shape index (κ2) is 8.64. The molecule has 1 aromatic rings. The molecule has 0 bridgehead atoms. The number of hydrogen-bond donors (Lipinski definition) is 1. The summed E-state index contributed by atoms with van der Waals surface area (Å²) in [6, 6.07) is 9.92. The molecule has 1 unspecified atom stereocenters. The first-order valence-electron chi connectivity index (χ1n) is 7.06. The highest BCUT2D eigenvalue weighted by Crippen LogP contribution is 2.16. The maximum absolute atomic E-state index is 11.7. The number of piperidine rings is 1. The fourth-order valence-electron chi connectivity index (χ4n) is 2.07. The second-order valence-corrected chi connectivity index (χ2v) is 5.90. The van der Waals surface area contributed by atoms with E-state index in [2.05, 4.69) is 5.32 Å². The Balaban J connectivity index is 1.68. The molecule has 5 heteroatoms. The van der Waals surface area contributed by atoms with E-state index in [1.807, 2.05) is 30.3 Å². The lowest BCUT2D eigenvalue weighted by molar-refractivity contribution is -0.159. The van der Waals surface area contributed by atoms with Crippen molar-refractivity contribution in [3.63, 3.8) is 0 Å². The topological polar surface area (TPSA) is 55.4 Å². The maximum atomic E-state index is 11.7. The van der Waals surface area contributed by atoms with Crippen LogP contribution >= 0.6 is 11.8 Å². The number of benzene rings is 1. The highest BCUT2D eigenvalue weighted by atomic mass is 32.2. The van der Waals surface area contributed by atoms with Crippen LogP contribution in [0.15, 0.2) is 47.4 Å². The molecule has 0 amide bonds. The van der Waals surface area contributed by atoms with E-state index >= 15 is 0 Å². The number of carbonyl (C=O) groups is 2. The number of rotatable bonds is 5. The number of hydrogen-bond acceptors (Lipinski definition) is 5. The Morgan fingerprint density at radius 3 is 2.86 bits per heavy atom. The van der Waals surface area contributed by atoms with Crippen LogP contribution in [0.2, 0.25) is 0 Å². The molecule has 0 aliphatic carbocycles. The number of ether oxygens (including phenoxy) is 1. The molecule has 1 aromatic carbocycles. The summed E-state index contributed by atoms with van der Waals surface area (Å²) >= 11 is 1.62. The van der Waals surface area contributed by atoms with E-state index < -0.39 is 11.9 Å². The normalized spacial score (nSPS) is 18.6. The van der Waals surface area contributed by atoms with Gasteiger partial charge in [-0.15, -0.1) is 11.8 Å². The zero-order valence-corrected chi connectivity index (χ0v) is 12.6. The molecule has 0 aromatic heterocycles. The molecule has 0 saturated carbocycles. The first kappa shape index (κ1) is 15.8. The number of thioether (sulfide) groups is 1. The van der Waals surface area contributed by atoms with Gasteiger partial charge >= 0.3 is 11.9 Å². The average molecular weight is 305 g/mol. The first-order chi connectivity index (χ1) is 10.3. The van der Waals surface area contributed by atoms with Crippen LogP contribution in [0.1, 0.15) is 12.8 Å². The third kappa shape index (κ3) is 5.73. The molecule has 1 N–H and O–H groups in total. The van der Waals surface area contributed by atoms with Crippen LogP contribution in [0, 0.1) is 5.92 Å². The van der Waals surface area contributed by atoms with Crippen molar-refractivity contribution in [1.82, 2.24) is 5.32 Å². The van der Waals surface area contributed by atoms with Gasteiger partial charge < -0.3 is 10.1 Å². The summed E-state index contributed by atoms with van der Waals surface area (Å²) in [6.45, 7) is 1.52. The Kier molecular flexibility index (Phi) is 6.50. The van der Waals surface area contributed by atoms with Gasteiger partial charge in [-0.2, -0.15) is 0 Å². The predicted octanol–water partition coefficient (Wildman–Crippen LogP) is 2.40. The minimum absolute atomic E-state index is 0.199. The monoisotopic (exact) mass is 305 g/mol. The van der Waals surface area contributed by atoms with Crippen LogP contribution in [0.5, 0.6) is 0 Å². The van der Waals surface area contributed by atoms with Gasteiger partial charge in [-0.1, -0.05) is 24.3 Å². The lowest BCUT2D eigenvalue weighted by Crippen LogP contribution is -2.35. The van der Waals surface area contributed by atoms with Gasteiger partial charge in [-0.25, -0.2) is 4.79 Å². The molecule has 112 valence electrons. The van der Waals surface area contributed by atoms with Crippen LogP contribution in [0.4, 0.5) is 0 Å². The van der Waals surface area contributed by atoms with Crippen molar-refractivity contribution in [2.24, 2.45) is 5.92 Å². The molecule has 1 aliphatic heterocycles. The van der Waals surface area contributed by atoms with E-state index in [1.165, 1.54) is 6.08 Å². The number of esters is 2. The summed E-state index contributed by atoms with van der Waals surface area (Å²) in [5.74, 6) is -0.542. The summed E-state index contributed by atoms with van der Waals surface area (Å²) in [6.07, 6.45) is 4.76. The summed E-state index contributed by atoms with van der Waals surface area (Å²) in [4.78, 5) is 24.4. The zero-order valence-electron chi connectivity index (χ0n) is 11.8. The minimum atomic E-state index is -0.584. The SMILES string of the molecule is O=C(C=CCSc1ccccc1)OC(=O)C1CCCNC1. The Hall–Kier alpha value is -1.59. The van der Waals surface area contributed by atoms with Crippen LogP contribution in [0.25, 0.3) is 0 Å². The summed E-state index contributed by atoms with van der Waals surface area (Å²) in [5, 5.41) is 3.13. The third-order valence-corrected chi connectivity index (χ3v) is 4.14. The molecule has 1 atom stereocenters. The Labute approximate surface area is 128 Å². The van der Waals surface area contributed by atoms with Crippen molar-refractivity contribution >= 4 is 23.7 Å². The molecular weight excluding hydrogens is 286 g/mol. The molecular formula is C16H19NO3S. The predicted molar refractivity (Wildman–Crippen MR) is 83.0 cm³/mol. The molecule has 4 nitrogen and oxygen atoms in total.